The highest BCUT2D eigenvalue weighted by molar-refractivity contribution is 6.09. The van der Waals surface area contributed by atoms with Gasteiger partial charge in [0.2, 0.25) is 0 Å². The maximum absolute atomic E-state index is 11.2. The molecule has 4 aromatic rings. The van der Waals surface area contributed by atoms with Gasteiger partial charge in [0.1, 0.15) is 0 Å². The fourth-order valence-corrected chi connectivity index (χ4v) is 4.23. The molecule has 7 nitrogen and oxygen atoms in total. The van der Waals surface area contributed by atoms with Crippen molar-refractivity contribution in [3.63, 3.8) is 0 Å². The molecule has 0 N–H and O–H groups in total. The molecule has 0 unspecified atom stereocenters. The highest BCUT2D eigenvalue weighted by atomic mass is 16.6. The quantitative estimate of drug-likeness (QED) is 0.381. The van der Waals surface area contributed by atoms with Crippen molar-refractivity contribution in [3.8, 4) is 0 Å². The molecule has 0 atom stereocenters. The number of nitrogens with zero attached hydrogens (tertiary/aromatic N) is 4. The Morgan fingerprint density at radius 3 is 2.69 bits per heavy atom. The van der Waals surface area contributed by atoms with Gasteiger partial charge in [0, 0.05) is 49.1 Å². The van der Waals surface area contributed by atoms with Crippen LogP contribution < -0.4 is 0 Å². The van der Waals surface area contributed by atoms with Gasteiger partial charge in [0.15, 0.2) is 0 Å². The maximum Gasteiger partial charge on any atom is 0.270 e. The Balaban J connectivity index is 1.56. The Morgan fingerprint density at radius 2 is 1.86 bits per heavy atom. The molecule has 7 heteroatoms. The second-order valence-corrected chi connectivity index (χ2v) is 7.47. The minimum atomic E-state index is -0.360. The van der Waals surface area contributed by atoms with Gasteiger partial charge in [-0.2, -0.15) is 0 Å². The number of nitro benzene ring substituents is 1. The van der Waals surface area contributed by atoms with Gasteiger partial charge in [-0.25, -0.2) is 4.98 Å². The molecule has 1 aliphatic rings. The molecule has 0 aliphatic carbocycles. The Morgan fingerprint density at radius 1 is 1.03 bits per heavy atom. The molecule has 1 fully saturated rings. The minimum absolute atomic E-state index is 0.0913. The predicted molar refractivity (Wildman–Crippen MR) is 113 cm³/mol. The number of aryl methyl sites for hydroxylation is 1. The SMILES string of the molecule is O=[N+]([O-])c1ccc2nc3c4ccccc4n(CCCN4CCOCC4)c3cc2c1. The minimum Gasteiger partial charge on any atom is -0.379 e. The summed E-state index contributed by atoms with van der Waals surface area (Å²) in [4.78, 5) is 18.1. The Bertz CT molecular complexity index is 1210. The summed E-state index contributed by atoms with van der Waals surface area (Å²) in [6.45, 7) is 5.51. The van der Waals surface area contributed by atoms with Crippen LogP contribution in [-0.2, 0) is 11.3 Å². The second-order valence-electron chi connectivity index (χ2n) is 7.47. The average Bonchev–Trinajstić information content (AvgIpc) is 3.05. The summed E-state index contributed by atoms with van der Waals surface area (Å²) in [5.74, 6) is 0. The van der Waals surface area contributed by atoms with Crippen LogP contribution in [0.2, 0.25) is 0 Å². The van der Waals surface area contributed by atoms with Crippen LogP contribution in [0.3, 0.4) is 0 Å². The number of ether oxygens (including phenoxy) is 1. The first-order valence-electron chi connectivity index (χ1n) is 9.97. The normalized spacial score (nSPS) is 15.4. The number of fused-ring (bicyclic) bond motifs is 4. The number of non-ortho nitro benzene ring substituents is 1. The van der Waals surface area contributed by atoms with Crippen LogP contribution in [0.15, 0.2) is 48.5 Å². The zero-order valence-corrected chi connectivity index (χ0v) is 16.1. The van der Waals surface area contributed by atoms with Crippen LogP contribution in [0.1, 0.15) is 6.42 Å². The van der Waals surface area contributed by atoms with Crippen molar-refractivity contribution in [2.75, 3.05) is 32.8 Å². The fourth-order valence-electron chi connectivity index (χ4n) is 4.23. The first-order chi connectivity index (χ1) is 14.2. The van der Waals surface area contributed by atoms with Gasteiger partial charge in [-0.1, -0.05) is 18.2 Å². The van der Waals surface area contributed by atoms with E-state index in [9.17, 15) is 10.1 Å². The van der Waals surface area contributed by atoms with Gasteiger partial charge in [0.25, 0.3) is 5.69 Å². The van der Waals surface area contributed by atoms with Crippen LogP contribution in [0, 0.1) is 10.1 Å². The molecule has 0 amide bonds. The third-order valence-electron chi connectivity index (χ3n) is 5.69. The lowest BCUT2D eigenvalue weighted by atomic mass is 10.1. The van der Waals surface area contributed by atoms with E-state index in [1.165, 1.54) is 6.07 Å². The van der Waals surface area contributed by atoms with Crippen molar-refractivity contribution in [1.29, 1.82) is 0 Å². The zero-order valence-electron chi connectivity index (χ0n) is 16.1. The van der Waals surface area contributed by atoms with Gasteiger partial charge in [0.05, 0.1) is 40.2 Å². The number of aromatic nitrogens is 2. The van der Waals surface area contributed by atoms with Crippen LogP contribution >= 0.6 is 0 Å². The van der Waals surface area contributed by atoms with Crippen LogP contribution in [0.5, 0.6) is 0 Å². The smallest absolute Gasteiger partial charge is 0.270 e. The highest BCUT2D eigenvalue weighted by Gasteiger charge is 2.15. The third-order valence-corrected chi connectivity index (χ3v) is 5.69. The Hall–Kier alpha value is -3.03. The van der Waals surface area contributed by atoms with Gasteiger partial charge >= 0.3 is 0 Å². The Kier molecular flexibility index (Phi) is 4.61. The van der Waals surface area contributed by atoms with Crippen LogP contribution in [0.25, 0.3) is 32.8 Å². The topological polar surface area (TPSA) is 73.4 Å². The molecule has 148 valence electrons. The molecular formula is C22H22N4O3. The van der Waals surface area contributed by atoms with E-state index < -0.39 is 0 Å². The van der Waals surface area contributed by atoms with E-state index in [2.05, 4.69) is 21.6 Å². The molecule has 0 saturated carbocycles. The van der Waals surface area contributed by atoms with E-state index in [1.807, 2.05) is 18.2 Å². The molecule has 5 rings (SSSR count). The van der Waals surface area contributed by atoms with Crippen LogP contribution in [0.4, 0.5) is 5.69 Å². The number of para-hydroxylation sites is 1. The van der Waals surface area contributed by atoms with Crippen molar-refractivity contribution in [2.24, 2.45) is 0 Å². The first kappa shape index (κ1) is 18.0. The summed E-state index contributed by atoms with van der Waals surface area (Å²) in [5, 5.41) is 13.1. The maximum atomic E-state index is 11.2. The molecule has 0 bridgehead atoms. The van der Waals surface area contributed by atoms with Gasteiger partial charge in [-0.3, -0.25) is 15.0 Å². The molecule has 1 saturated heterocycles. The van der Waals surface area contributed by atoms with E-state index in [4.69, 9.17) is 9.72 Å². The molecule has 3 heterocycles. The fraction of sp³-hybridized carbons (Fsp3) is 0.318. The van der Waals surface area contributed by atoms with Gasteiger partial charge < -0.3 is 9.30 Å². The number of pyridine rings is 1. The zero-order chi connectivity index (χ0) is 19.8. The number of nitro groups is 1. The van der Waals surface area contributed by atoms with E-state index in [0.29, 0.717) is 0 Å². The number of hydrogen-bond donors (Lipinski definition) is 0. The summed E-state index contributed by atoms with van der Waals surface area (Å²) >= 11 is 0. The molecule has 2 aromatic heterocycles. The van der Waals surface area contributed by atoms with Crippen LogP contribution in [-0.4, -0.2) is 52.2 Å². The summed E-state index contributed by atoms with van der Waals surface area (Å²) < 4.78 is 7.73. The van der Waals surface area contributed by atoms with E-state index in [0.717, 1.165) is 78.7 Å². The molecule has 1 aliphatic heterocycles. The van der Waals surface area contributed by atoms with Crippen molar-refractivity contribution in [1.82, 2.24) is 14.5 Å². The highest BCUT2D eigenvalue weighted by Crippen LogP contribution is 2.31. The van der Waals surface area contributed by atoms with Gasteiger partial charge in [-0.15, -0.1) is 0 Å². The lowest BCUT2D eigenvalue weighted by Crippen LogP contribution is -2.37. The van der Waals surface area contributed by atoms with E-state index in [-0.39, 0.29) is 10.6 Å². The molecule has 0 radical (unpaired) electrons. The second kappa shape index (κ2) is 7.42. The summed E-state index contributed by atoms with van der Waals surface area (Å²) in [5.41, 5.74) is 4.00. The molecule has 2 aromatic carbocycles. The molecular weight excluding hydrogens is 368 g/mol. The average molecular weight is 390 g/mol. The van der Waals surface area contributed by atoms with E-state index >= 15 is 0 Å². The molecule has 0 spiro atoms. The van der Waals surface area contributed by atoms with Crippen molar-refractivity contribution in [3.05, 3.63) is 58.6 Å². The predicted octanol–water partition coefficient (Wildman–Crippen LogP) is 3.97. The lowest BCUT2D eigenvalue weighted by molar-refractivity contribution is -0.384. The van der Waals surface area contributed by atoms with Crippen molar-refractivity contribution >= 4 is 38.5 Å². The Labute approximate surface area is 167 Å². The van der Waals surface area contributed by atoms with Crippen molar-refractivity contribution < 1.29 is 9.66 Å². The number of hydrogen-bond acceptors (Lipinski definition) is 5. The first-order valence-corrected chi connectivity index (χ1v) is 9.97. The lowest BCUT2D eigenvalue weighted by Gasteiger charge is -2.26. The summed E-state index contributed by atoms with van der Waals surface area (Å²) in [7, 11) is 0. The van der Waals surface area contributed by atoms with E-state index in [1.54, 1.807) is 12.1 Å². The monoisotopic (exact) mass is 390 g/mol. The standard InChI is InChI=1S/C22H22N4O3/c27-26(28)17-6-7-19-16(14-17)15-21-22(23-19)18-4-1-2-5-20(18)25(21)9-3-8-24-10-12-29-13-11-24/h1-2,4-7,14-15H,3,8-13H2. The number of benzene rings is 2. The number of rotatable bonds is 5. The summed E-state index contributed by atoms with van der Waals surface area (Å²) in [6.07, 6.45) is 1.03. The summed E-state index contributed by atoms with van der Waals surface area (Å²) in [6, 6.07) is 15.2. The number of morpholine rings is 1. The largest absolute Gasteiger partial charge is 0.379 e. The van der Waals surface area contributed by atoms with Gasteiger partial charge in [-0.05, 0) is 24.6 Å². The molecule has 29 heavy (non-hydrogen) atoms. The van der Waals surface area contributed by atoms with Crippen molar-refractivity contribution in [2.45, 2.75) is 13.0 Å². The third kappa shape index (κ3) is 3.32.